The quantitative estimate of drug-likeness (QED) is 0.650. The first-order valence-electron chi connectivity index (χ1n) is 8.44. The zero-order valence-corrected chi connectivity index (χ0v) is 14.8. The Morgan fingerprint density at radius 1 is 1.00 bits per heavy atom. The van der Waals surface area contributed by atoms with Crippen LogP contribution in [0.1, 0.15) is 34.1 Å². The molecule has 3 rings (SSSR count). The summed E-state index contributed by atoms with van der Waals surface area (Å²) in [5.74, 6) is -0.390. The molecule has 3 aromatic rings. The fourth-order valence-corrected chi connectivity index (χ4v) is 2.67. The first-order valence-corrected chi connectivity index (χ1v) is 8.44. The molecule has 4 nitrogen and oxygen atoms in total. The van der Waals surface area contributed by atoms with Crippen LogP contribution >= 0.6 is 0 Å². The van der Waals surface area contributed by atoms with Gasteiger partial charge >= 0.3 is 5.97 Å². The average Bonchev–Trinajstić information content (AvgIpc) is 3.02. The molecule has 0 aliphatic carbocycles. The van der Waals surface area contributed by atoms with Gasteiger partial charge in [0.05, 0.1) is 18.8 Å². The molecule has 1 aromatic heterocycles. The standard InChI is InChI=1S/C21H22N2O2/c1-4-25-21(24)19-13-20(18-11-7-16(3)8-12-18)23(22-19)14-17-9-5-15(2)6-10-17/h5-13H,4,14H2,1-3H3. The summed E-state index contributed by atoms with van der Waals surface area (Å²) in [6.45, 7) is 6.85. The zero-order valence-electron chi connectivity index (χ0n) is 14.8. The number of aromatic nitrogens is 2. The number of hydrogen-bond donors (Lipinski definition) is 0. The van der Waals surface area contributed by atoms with Gasteiger partial charge < -0.3 is 4.74 Å². The van der Waals surface area contributed by atoms with Gasteiger partial charge in [-0.15, -0.1) is 0 Å². The van der Waals surface area contributed by atoms with E-state index in [1.54, 1.807) is 13.0 Å². The monoisotopic (exact) mass is 334 g/mol. The number of carbonyl (C=O) groups is 1. The SMILES string of the molecule is CCOC(=O)c1cc(-c2ccc(C)cc2)n(Cc2ccc(C)cc2)n1. The fourth-order valence-electron chi connectivity index (χ4n) is 2.67. The minimum absolute atomic E-state index is 0.337. The van der Waals surface area contributed by atoms with E-state index in [-0.39, 0.29) is 0 Å². The van der Waals surface area contributed by atoms with Crippen molar-refractivity contribution in [3.63, 3.8) is 0 Å². The van der Waals surface area contributed by atoms with Crippen LogP contribution in [0.3, 0.4) is 0 Å². The van der Waals surface area contributed by atoms with Gasteiger partial charge in [0.25, 0.3) is 0 Å². The first-order chi connectivity index (χ1) is 12.1. The minimum Gasteiger partial charge on any atom is -0.461 e. The van der Waals surface area contributed by atoms with E-state index in [0.29, 0.717) is 18.8 Å². The van der Waals surface area contributed by atoms with Crippen LogP contribution in [0, 0.1) is 13.8 Å². The van der Waals surface area contributed by atoms with Crippen LogP contribution in [0.25, 0.3) is 11.3 Å². The number of nitrogens with zero attached hydrogens (tertiary/aromatic N) is 2. The maximum absolute atomic E-state index is 12.1. The highest BCUT2D eigenvalue weighted by Gasteiger charge is 2.16. The third-order valence-electron chi connectivity index (χ3n) is 4.06. The van der Waals surface area contributed by atoms with Crippen molar-refractivity contribution in [1.82, 2.24) is 9.78 Å². The molecule has 0 amide bonds. The maximum atomic E-state index is 12.1. The molecule has 0 radical (unpaired) electrons. The number of carbonyl (C=O) groups excluding carboxylic acids is 1. The predicted octanol–water partition coefficient (Wildman–Crippen LogP) is 4.39. The van der Waals surface area contributed by atoms with Crippen molar-refractivity contribution < 1.29 is 9.53 Å². The van der Waals surface area contributed by atoms with Crippen LogP contribution in [0.4, 0.5) is 0 Å². The van der Waals surface area contributed by atoms with Crippen LogP contribution < -0.4 is 0 Å². The summed E-state index contributed by atoms with van der Waals surface area (Å²) in [5, 5.41) is 4.49. The Balaban J connectivity index is 2.00. The molecule has 0 aliphatic heterocycles. The molecular formula is C21H22N2O2. The largest absolute Gasteiger partial charge is 0.461 e. The van der Waals surface area contributed by atoms with Crippen LogP contribution in [-0.4, -0.2) is 22.4 Å². The van der Waals surface area contributed by atoms with Gasteiger partial charge in [-0.25, -0.2) is 4.79 Å². The van der Waals surface area contributed by atoms with Gasteiger partial charge in [0.2, 0.25) is 0 Å². The van der Waals surface area contributed by atoms with E-state index in [1.165, 1.54) is 11.1 Å². The second kappa shape index (κ2) is 7.34. The normalized spacial score (nSPS) is 10.7. The van der Waals surface area contributed by atoms with Crippen LogP contribution in [0.2, 0.25) is 0 Å². The van der Waals surface area contributed by atoms with E-state index in [2.05, 4.69) is 55.3 Å². The number of rotatable bonds is 5. The molecule has 0 atom stereocenters. The number of esters is 1. The van der Waals surface area contributed by atoms with E-state index in [1.807, 2.05) is 16.8 Å². The summed E-state index contributed by atoms with van der Waals surface area (Å²) < 4.78 is 6.97. The van der Waals surface area contributed by atoms with Gasteiger partial charge in [-0.2, -0.15) is 5.10 Å². The van der Waals surface area contributed by atoms with Gasteiger partial charge in [-0.05, 0) is 38.0 Å². The Morgan fingerprint density at radius 2 is 1.60 bits per heavy atom. The van der Waals surface area contributed by atoms with E-state index in [4.69, 9.17) is 4.74 Å². The van der Waals surface area contributed by atoms with Crippen molar-refractivity contribution in [2.75, 3.05) is 6.61 Å². The molecule has 0 bridgehead atoms. The maximum Gasteiger partial charge on any atom is 0.358 e. The number of hydrogen-bond acceptors (Lipinski definition) is 3. The minimum atomic E-state index is -0.390. The van der Waals surface area contributed by atoms with Gasteiger partial charge in [-0.3, -0.25) is 4.68 Å². The third kappa shape index (κ3) is 3.97. The first kappa shape index (κ1) is 17.0. The Kier molecular flexibility index (Phi) is 4.98. The van der Waals surface area contributed by atoms with Crippen molar-refractivity contribution in [3.05, 3.63) is 77.0 Å². The fraction of sp³-hybridized carbons (Fsp3) is 0.238. The van der Waals surface area contributed by atoms with Gasteiger partial charge in [-0.1, -0.05) is 59.7 Å². The molecule has 0 saturated heterocycles. The molecule has 0 fully saturated rings. The summed E-state index contributed by atoms with van der Waals surface area (Å²) >= 11 is 0. The highest BCUT2D eigenvalue weighted by molar-refractivity contribution is 5.88. The number of ether oxygens (including phenoxy) is 1. The Morgan fingerprint density at radius 3 is 2.20 bits per heavy atom. The molecular weight excluding hydrogens is 312 g/mol. The summed E-state index contributed by atoms with van der Waals surface area (Å²) in [4.78, 5) is 12.1. The topological polar surface area (TPSA) is 44.1 Å². The number of aryl methyl sites for hydroxylation is 2. The predicted molar refractivity (Wildman–Crippen MR) is 98.6 cm³/mol. The number of benzene rings is 2. The lowest BCUT2D eigenvalue weighted by Crippen LogP contribution is -2.08. The summed E-state index contributed by atoms with van der Waals surface area (Å²) in [6, 6.07) is 18.3. The van der Waals surface area contributed by atoms with E-state index < -0.39 is 5.97 Å². The average molecular weight is 334 g/mol. The van der Waals surface area contributed by atoms with E-state index in [9.17, 15) is 4.79 Å². The Labute approximate surface area is 148 Å². The molecule has 0 aliphatic rings. The highest BCUT2D eigenvalue weighted by atomic mass is 16.5. The molecule has 0 spiro atoms. The zero-order chi connectivity index (χ0) is 17.8. The second-order valence-corrected chi connectivity index (χ2v) is 6.14. The van der Waals surface area contributed by atoms with Crippen LogP contribution in [0.15, 0.2) is 54.6 Å². The van der Waals surface area contributed by atoms with Crippen molar-refractivity contribution in [3.8, 4) is 11.3 Å². The summed E-state index contributed by atoms with van der Waals surface area (Å²) in [6.07, 6.45) is 0. The van der Waals surface area contributed by atoms with Crippen molar-refractivity contribution in [2.24, 2.45) is 0 Å². The second-order valence-electron chi connectivity index (χ2n) is 6.14. The van der Waals surface area contributed by atoms with Gasteiger partial charge in [0.15, 0.2) is 5.69 Å². The van der Waals surface area contributed by atoms with Crippen molar-refractivity contribution in [2.45, 2.75) is 27.3 Å². The molecule has 0 unspecified atom stereocenters. The van der Waals surface area contributed by atoms with Crippen molar-refractivity contribution in [1.29, 1.82) is 0 Å². The Bertz CT molecular complexity index is 862. The van der Waals surface area contributed by atoms with E-state index in [0.717, 1.165) is 16.8 Å². The smallest absolute Gasteiger partial charge is 0.358 e. The molecule has 4 heteroatoms. The lowest BCUT2D eigenvalue weighted by atomic mass is 10.1. The van der Waals surface area contributed by atoms with Crippen molar-refractivity contribution >= 4 is 5.97 Å². The molecule has 1 heterocycles. The van der Waals surface area contributed by atoms with Gasteiger partial charge in [0, 0.05) is 0 Å². The molecule has 0 N–H and O–H groups in total. The summed E-state index contributed by atoms with van der Waals surface area (Å²) in [7, 11) is 0. The van der Waals surface area contributed by atoms with E-state index >= 15 is 0 Å². The third-order valence-corrected chi connectivity index (χ3v) is 4.06. The van der Waals surface area contributed by atoms with Crippen LogP contribution in [-0.2, 0) is 11.3 Å². The van der Waals surface area contributed by atoms with Gasteiger partial charge in [0.1, 0.15) is 0 Å². The molecule has 128 valence electrons. The van der Waals surface area contributed by atoms with Crippen LogP contribution in [0.5, 0.6) is 0 Å². The highest BCUT2D eigenvalue weighted by Crippen LogP contribution is 2.23. The summed E-state index contributed by atoms with van der Waals surface area (Å²) in [5.41, 5.74) is 5.82. The lowest BCUT2D eigenvalue weighted by Gasteiger charge is -2.08. The Hall–Kier alpha value is -2.88. The lowest BCUT2D eigenvalue weighted by molar-refractivity contribution is 0.0518. The molecule has 25 heavy (non-hydrogen) atoms. The molecule has 2 aromatic carbocycles. The molecule has 0 saturated carbocycles.